The van der Waals surface area contributed by atoms with E-state index >= 15 is 0 Å². The van der Waals surface area contributed by atoms with Gasteiger partial charge in [-0.05, 0) is 13.0 Å². The largest absolute Gasteiger partial charge is 0.360 e. The highest BCUT2D eigenvalue weighted by Gasteiger charge is 2.35. The van der Waals surface area contributed by atoms with Crippen LogP contribution in [0, 0.1) is 13.5 Å². The molecule has 0 N–H and O–H groups in total. The van der Waals surface area contributed by atoms with Gasteiger partial charge < -0.3 is 9.74 Å². The molecular weight excluding hydrogens is 226 g/mol. The first-order chi connectivity index (χ1) is 8.00. The predicted octanol–water partition coefficient (Wildman–Crippen LogP) is 2.57. The van der Waals surface area contributed by atoms with Crippen molar-refractivity contribution in [1.29, 1.82) is 0 Å². The lowest BCUT2D eigenvalue weighted by atomic mass is 10.1. The lowest BCUT2D eigenvalue weighted by molar-refractivity contribution is -0.0222. The summed E-state index contributed by atoms with van der Waals surface area (Å²) in [7, 11) is 0. The van der Waals surface area contributed by atoms with Gasteiger partial charge in [0, 0.05) is 31.6 Å². The zero-order chi connectivity index (χ0) is 12.5. The van der Waals surface area contributed by atoms with Crippen LogP contribution in [0.5, 0.6) is 0 Å². The molecule has 1 aromatic heterocycles. The molecular formula is C11H12F2N4. The molecule has 2 rings (SSSR count). The van der Waals surface area contributed by atoms with E-state index in [9.17, 15) is 8.78 Å². The number of hydrogen-bond acceptors (Lipinski definition) is 3. The minimum Gasteiger partial charge on any atom is -0.360 e. The normalized spacial score (nSPS) is 18.8. The average Bonchev–Trinajstić information content (AvgIpc) is 2.28. The molecule has 0 aliphatic carbocycles. The second kappa shape index (κ2) is 4.24. The zero-order valence-corrected chi connectivity index (χ0v) is 9.45. The number of anilines is 1. The monoisotopic (exact) mass is 238 g/mol. The highest BCUT2D eigenvalue weighted by Crippen LogP contribution is 2.29. The molecule has 6 heteroatoms. The van der Waals surface area contributed by atoms with E-state index in [1.165, 1.54) is 0 Å². The van der Waals surface area contributed by atoms with E-state index in [4.69, 9.17) is 6.57 Å². The Morgan fingerprint density at radius 1 is 1.35 bits per heavy atom. The number of alkyl halides is 2. The third-order valence-corrected chi connectivity index (χ3v) is 2.72. The quantitative estimate of drug-likeness (QED) is 0.705. The van der Waals surface area contributed by atoms with Crippen LogP contribution in [-0.4, -0.2) is 29.0 Å². The van der Waals surface area contributed by atoms with Crippen molar-refractivity contribution in [2.75, 3.05) is 18.0 Å². The highest BCUT2D eigenvalue weighted by molar-refractivity contribution is 5.44. The van der Waals surface area contributed by atoms with Gasteiger partial charge in [0.25, 0.3) is 11.7 Å². The SMILES string of the molecule is [C-]#[N+]c1cc(C)nc(N2CCC(F)(F)CC2)n1. The fraction of sp³-hybridized carbons (Fsp3) is 0.545. The third-order valence-electron chi connectivity index (χ3n) is 2.72. The third kappa shape index (κ3) is 2.67. The first kappa shape index (κ1) is 11.7. The Bertz CT molecular complexity index is 457. The molecule has 1 aliphatic heterocycles. The maximum absolute atomic E-state index is 13.0. The van der Waals surface area contributed by atoms with Crippen LogP contribution < -0.4 is 4.90 Å². The van der Waals surface area contributed by atoms with Crippen molar-refractivity contribution in [3.63, 3.8) is 0 Å². The van der Waals surface area contributed by atoms with Gasteiger partial charge in [0.1, 0.15) is 0 Å². The van der Waals surface area contributed by atoms with Gasteiger partial charge >= 0.3 is 5.95 Å². The van der Waals surface area contributed by atoms with E-state index in [-0.39, 0.29) is 31.7 Å². The molecule has 0 atom stereocenters. The molecule has 4 nitrogen and oxygen atoms in total. The Labute approximate surface area is 98.1 Å². The molecule has 0 unspecified atom stereocenters. The average molecular weight is 238 g/mol. The van der Waals surface area contributed by atoms with E-state index in [1.54, 1.807) is 17.9 Å². The lowest BCUT2D eigenvalue weighted by Gasteiger charge is -2.30. The maximum atomic E-state index is 13.0. The highest BCUT2D eigenvalue weighted by atomic mass is 19.3. The molecule has 0 bridgehead atoms. The number of nitrogens with zero attached hydrogens (tertiary/aromatic N) is 4. The van der Waals surface area contributed by atoms with Gasteiger partial charge in [-0.15, -0.1) is 0 Å². The number of piperidine rings is 1. The number of rotatable bonds is 1. The number of hydrogen-bond donors (Lipinski definition) is 0. The molecule has 90 valence electrons. The second-order valence-electron chi connectivity index (χ2n) is 4.12. The van der Waals surface area contributed by atoms with Crippen molar-refractivity contribution in [1.82, 2.24) is 9.97 Å². The van der Waals surface area contributed by atoms with Gasteiger partial charge in [-0.25, -0.2) is 8.78 Å². The van der Waals surface area contributed by atoms with Crippen molar-refractivity contribution < 1.29 is 8.78 Å². The summed E-state index contributed by atoms with van der Waals surface area (Å²) in [5.74, 6) is -1.94. The van der Waals surface area contributed by atoms with Crippen molar-refractivity contribution in [3.05, 3.63) is 23.2 Å². The summed E-state index contributed by atoms with van der Waals surface area (Å²) in [6.07, 6.45) is -0.366. The predicted molar refractivity (Wildman–Crippen MR) is 59.4 cm³/mol. The summed E-state index contributed by atoms with van der Waals surface area (Å²) >= 11 is 0. The van der Waals surface area contributed by atoms with Crippen molar-refractivity contribution in [2.24, 2.45) is 0 Å². The summed E-state index contributed by atoms with van der Waals surface area (Å²) in [4.78, 5) is 13.2. The number of aromatic nitrogens is 2. The Hall–Kier alpha value is -1.77. The van der Waals surface area contributed by atoms with Gasteiger partial charge in [-0.2, -0.15) is 4.98 Å². The Balaban J connectivity index is 2.19. The summed E-state index contributed by atoms with van der Waals surface area (Å²) in [5, 5.41) is 0. The van der Waals surface area contributed by atoms with Crippen LogP contribution in [0.4, 0.5) is 20.5 Å². The Kier molecular flexibility index (Phi) is 2.92. The van der Waals surface area contributed by atoms with Crippen LogP contribution in [-0.2, 0) is 0 Å². The minimum atomic E-state index is -2.58. The van der Waals surface area contributed by atoms with Crippen LogP contribution in [0.25, 0.3) is 4.85 Å². The topological polar surface area (TPSA) is 33.4 Å². The van der Waals surface area contributed by atoms with Gasteiger partial charge in [-0.1, -0.05) is 11.6 Å². The van der Waals surface area contributed by atoms with E-state index in [2.05, 4.69) is 14.8 Å². The molecule has 1 aliphatic rings. The number of aryl methyl sites for hydroxylation is 1. The molecule has 0 spiro atoms. The van der Waals surface area contributed by atoms with Crippen LogP contribution in [0.3, 0.4) is 0 Å². The van der Waals surface area contributed by atoms with Gasteiger partial charge in [0.15, 0.2) is 0 Å². The van der Waals surface area contributed by atoms with Crippen LogP contribution in [0.1, 0.15) is 18.5 Å². The number of halogens is 2. The lowest BCUT2D eigenvalue weighted by Crippen LogP contribution is -2.40. The summed E-state index contributed by atoms with van der Waals surface area (Å²) in [5.41, 5.74) is 0.679. The van der Waals surface area contributed by atoms with E-state index in [0.29, 0.717) is 11.6 Å². The standard InChI is InChI=1S/C11H12F2N4/c1-8-7-9(14-2)16-10(15-8)17-5-3-11(12,13)4-6-17/h7H,3-6H2,1H3. The van der Waals surface area contributed by atoms with E-state index in [1.807, 2.05) is 0 Å². The van der Waals surface area contributed by atoms with Crippen molar-refractivity contribution in [3.8, 4) is 0 Å². The smallest absolute Gasteiger partial charge is 0.322 e. The fourth-order valence-corrected chi connectivity index (χ4v) is 1.77. The van der Waals surface area contributed by atoms with Crippen molar-refractivity contribution in [2.45, 2.75) is 25.7 Å². The maximum Gasteiger partial charge on any atom is 0.322 e. The molecule has 0 radical (unpaired) electrons. The fourth-order valence-electron chi connectivity index (χ4n) is 1.77. The molecule has 0 amide bonds. The second-order valence-corrected chi connectivity index (χ2v) is 4.12. The molecule has 0 aromatic carbocycles. The summed E-state index contributed by atoms with van der Waals surface area (Å²) < 4.78 is 26.0. The van der Waals surface area contributed by atoms with Gasteiger partial charge in [-0.3, -0.25) is 0 Å². The first-order valence-electron chi connectivity index (χ1n) is 5.36. The van der Waals surface area contributed by atoms with Crippen LogP contribution in [0.15, 0.2) is 6.07 Å². The Morgan fingerprint density at radius 2 is 2.00 bits per heavy atom. The first-order valence-corrected chi connectivity index (χ1v) is 5.36. The Morgan fingerprint density at radius 3 is 2.59 bits per heavy atom. The molecule has 2 heterocycles. The van der Waals surface area contributed by atoms with E-state index < -0.39 is 5.92 Å². The molecule has 1 aromatic rings. The molecule has 0 saturated carbocycles. The van der Waals surface area contributed by atoms with Gasteiger partial charge in [0.05, 0.1) is 0 Å². The summed E-state index contributed by atoms with van der Waals surface area (Å²) in [6, 6.07) is 1.58. The van der Waals surface area contributed by atoms with Crippen LogP contribution >= 0.6 is 0 Å². The molecule has 1 fully saturated rings. The molecule has 17 heavy (non-hydrogen) atoms. The molecule has 1 saturated heterocycles. The summed E-state index contributed by atoms with van der Waals surface area (Å²) in [6.45, 7) is 9.13. The van der Waals surface area contributed by atoms with Crippen LogP contribution in [0.2, 0.25) is 0 Å². The van der Waals surface area contributed by atoms with Gasteiger partial charge in [0.2, 0.25) is 0 Å². The minimum absolute atomic E-state index is 0.183. The van der Waals surface area contributed by atoms with E-state index in [0.717, 1.165) is 0 Å². The van der Waals surface area contributed by atoms with Crippen molar-refractivity contribution >= 4 is 11.8 Å². The zero-order valence-electron chi connectivity index (χ0n) is 9.45.